The lowest BCUT2D eigenvalue weighted by Gasteiger charge is -2.36. The van der Waals surface area contributed by atoms with E-state index in [0.717, 1.165) is 35.2 Å². The molecular weight excluding hydrogens is 270 g/mol. The molecule has 1 heterocycles. The third kappa shape index (κ3) is 2.63. The molecule has 106 valence electrons. The summed E-state index contributed by atoms with van der Waals surface area (Å²) in [6, 6.07) is 8.80. The molecule has 4 nitrogen and oxygen atoms in total. The molecule has 3 rings (SSSR count). The van der Waals surface area contributed by atoms with Crippen LogP contribution in [-0.4, -0.2) is 23.3 Å². The van der Waals surface area contributed by atoms with Crippen LogP contribution in [0.2, 0.25) is 0 Å². The number of benzene rings is 1. The van der Waals surface area contributed by atoms with Gasteiger partial charge < -0.3 is 10.1 Å². The summed E-state index contributed by atoms with van der Waals surface area (Å²) < 4.78 is 5.43. The molecule has 0 saturated heterocycles. The zero-order chi connectivity index (χ0) is 13.9. The molecule has 1 aliphatic carbocycles. The highest BCUT2D eigenvalue weighted by atomic mass is 32.1. The van der Waals surface area contributed by atoms with E-state index in [1.54, 1.807) is 18.4 Å². The molecule has 0 radical (unpaired) electrons. The van der Waals surface area contributed by atoms with E-state index in [2.05, 4.69) is 34.6 Å². The lowest BCUT2D eigenvalue weighted by atomic mass is 9.75. The average molecular weight is 289 g/mol. The Hall–Kier alpha value is -1.62. The van der Waals surface area contributed by atoms with Gasteiger partial charge in [0.1, 0.15) is 10.8 Å². The van der Waals surface area contributed by atoms with E-state index >= 15 is 0 Å². The number of hydrogen-bond donors (Lipinski definition) is 1. The van der Waals surface area contributed by atoms with Crippen molar-refractivity contribution in [2.75, 3.05) is 12.4 Å². The first-order valence-electron chi connectivity index (χ1n) is 7.02. The van der Waals surface area contributed by atoms with Crippen molar-refractivity contribution in [3.8, 4) is 5.75 Å². The fourth-order valence-corrected chi connectivity index (χ4v) is 3.38. The zero-order valence-electron chi connectivity index (χ0n) is 11.8. The van der Waals surface area contributed by atoms with Crippen LogP contribution in [0, 0.1) is 0 Å². The van der Waals surface area contributed by atoms with Crippen LogP contribution in [0.15, 0.2) is 24.3 Å². The fourth-order valence-electron chi connectivity index (χ4n) is 2.62. The topological polar surface area (TPSA) is 47.0 Å². The number of anilines is 1. The molecule has 1 aromatic carbocycles. The molecule has 0 spiro atoms. The van der Waals surface area contributed by atoms with Crippen LogP contribution >= 0.6 is 11.3 Å². The van der Waals surface area contributed by atoms with Gasteiger partial charge >= 0.3 is 0 Å². The summed E-state index contributed by atoms with van der Waals surface area (Å²) in [5.41, 5.74) is 1.32. The van der Waals surface area contributed by atoms with Crippen molar-refractivity contribution in [2.45, 2.75) is 38.1 Å². The van der Waals surface area contributed by atoms with Crippen molar-refractivity contribution in [3.63, 3.8) is 0 Å². The summed E-state index contributed by atoms with van der Waals surface area (Å²) in [7, 11) is 1.74. The number of nitrogens with zero attached hydrogens (tertiary/aromatic N) is 2. The molecule has 1 N–H and O–H groups in total. The molecule has 0 aliphatic heterocycles. The molecule has 5 heteroatoms. The summed E-state index contributed by atoms with van der Waals surface area (Å²) in [6.07, 6.45) is 3.21. The normalized spacial score (nSPS) is 21.3. The molecule has 1 fully saturated rings. The number of methoxy groups -OCH3 is 1. The van der Waals surface area contributed by atoms with E-state index in [9.17, 15) is 0 Å². The maximum atomic E-state index is 5.43. The second kappa shape index (κ2) is 5.79. The Kier molecular flexibility index (Phi) is 3.87. The highest BCUT2D eigenvalue weighted by molar-refractivity contribution is 7.15. The fraction of sp³-hybridized carbons (Fsp3) is 0.467. The molecule has 0 amide bonds. The predicted octanol–water partition coefficient (Wildman–Crippen LogP) is 3.47. The van der Waals surface area contributed by atoms with Gasteiger partial charge in [-0.1, -0.05) is 36.5 Å². The minimum atomic E-state index is 0.502. The maximum absolute atomic E-state index is 5.43. The Balaban J connectivity index is 1.58. The lowest BCUT2D eigenvalue weighted by molar-refractivity contribution is 0.349. The predicted molar refractivity (Wildman–Crippen MR) is 81.7 cm³/mol. The van der Waals surface area contributed by atoms with Crippen LogP contribution in [0.5, 0.6) is 5.75 Å². The van der Waals surface area contributed by atoms with Crippen molar-refractivity contribution in [1.82, 2.24) is 10.2 Å². The van der Waals surface area contributed by atoms with Gasteiger partial charge in [-0.05, 0) is 36.8 Å². The Bertz CT molecular complexity index is 578. The van der Waals surface area contributed by atoms with Gasteiger partial charge in [0, 0.05) is 6.04 Å². The molecule has 1 saturated carbocycles. The van der Waals surface area contributed by atoms with Gasteiger partial charge in [-0.25, -0.2) is 0 Å². The van der Waals surface area contributed by atoms with Gasteiger partial charge in [-0.15, -0.1) is 10.2 Å². The smallest absolute Gasteiger partial charge is 0.205 e. The quantitative estimate of drug-likeness (QED) is 0.915. The number of aromatic nitrogens is 2. The van der Waals surface area contributed by atoms with Crippen molar-refractivity contribution in [1.29, 1.82) is 0 Å². The van der Waals surface area contributed by atoms with Gasteiger partial charge in [0.15, 0.2) is 0 Å². The van der Waals surface area contributed by atoms with E-state index < -0.39 is 0 Å². The van der Waals surface area contributed by atoms with Crippen molar-refractivity contribution in [2.24, 2.45) is 0 Å². The number of ether oxygens (including phenoxy) is 1. The average Bonchev–Trinajstić information content (AvgIpc) is 2.90. The van der Waals surface area contributed by atoms with E-state index in [4.69, 9.17) is 4.74 Å². The van der Waals surface area contributed by atoms with Crippen LogP contribution < -0.4 is 10.1 Å². The maximum Gasteiger partial charge on any atom is 0.205 e. The molecule has 2 aromatic rings. The summed E-state index contributed by atoms with van der Waals surface area (Å²) >= 11 is 1.66. The number of aryl methyl sites for hydroxylation is 1. The van der Waals surface area contributed by atoms with Crippen molar-refractivity contribution in [3.05, 3.63) is 34.8 Å². The van der Waals surface area contributed by atoms with Crippen LogP contribution in [0.3, 0.4) is 0 Å². The number of para-hydroxylation sites is 1. The van der Waals surface area contributed by atoms with Gasteiger partial charge in [-0.2, -0.15) is 0 Å². The molecule has 0 atom stereocenters. The molecule has 1 aromatic heterocycles. The summed E-state index contributed by atoms with van der Waals surface area (Å²) in [6.45, 7) is 2.10. The van der Waals surface area contributed by atoms with Crippen LogP contribution in [-0.2, 0) is 6.42 Å². The standard InChI is InChI=1S/C15H19N3OS/c1-3-14-17-18-15(20-14)16-11-8-10(9-11)12-6-4-5-7-13(12)19-2/h4-7,10-11H,3,8-9H2,1-2H3,(H,16,18). The molecule has 1 aliphatic rings. The van der Waals surface area contributed by atoms with Gasteiger partial charge in [-0.3, -0.25) is 0 Å². The third-order valence-electron chi connectivity index (χ3n) is 3.81. The highest BCUT2D eigenvalue weighted by Gasteiger charge is 2.32. The van der Waals surface area contributed by atoms with E-state index in [0.29, 0.717) is 12.0 Å². The van der Waals surface area contributed by atoms with E-state index in [1.807, 2.05) is 12.1 Å². The molecule has 0 unspecified atom stereocenters. The van der Waals surface area contributed by atoms with Gasteiger partial charge in [0.25, 0.3) is 0 Å². The minimum absolute atomic E-state index is 0.502. The first kappa shape index (κ1) is 13.4. The molecule has 20 heavy (non-hydrogen) atoms. The lowest BCUT2D eigenvalue weighted by Crippen LogP contribution is -2.34. The Labute approximate surface area is 123 Å². The summed E-state index contributed by atoms with van der Waals surface area (Å²) in [5, 5.41) is 13.8. The number of rotatable bonds is 5. The van der Waals surface area contributed by atoms with E-state index in [-0.39, 0.29) is 0 Å². The van der Waals surface area contributed by atoms with Crippen molar-refractivity contribution >= 4 is 16.5 Å². The molecular formula is C15H19N3OS. The second-order valence-corrected chi connectivity index (χ2v) is 6.17. The number of nitrogens with one attached hydrogen (secondary N) is 1. The van der Waals surface area contributed by atoms with Gasteiger partial charge in [0.2, 0.25) is 5.13 Å². The third-order valence-corrected chi connectivity index (χ3v) is 4.81. The van der Waals surface area contributed by atoms with Crippen LogP contribution in [0.1, 0.15) is 36.3 Å². The van der Waals surface area contributed by atoms with Crippen LogP contribution in [0.25, 0.3) is 0 Å². The summed E-state index contributed by atoms with van der Waals surface area (Å²) in [5.74, 6) is 1.59. The van der Waals surface area contributed by atoms with E-state index in [1.165, 1.54) is 5.56 Å². The van der Waals surface area contributed by atoms with Crippen molar-refractivity contribution < 1.29 is 4.74 Å². The first-order chi connectivity index (χ1) is 9.80. The Morgan fingerprint density at radius 2 is 2.10 bits per heavy atom. The van der Waals surface area contributed by atoms with Gasteiger partial charge in [0.05, 0.1) is 7.11 Å². The minimum Gasteiger partial charge on any atom is -0.496 e. The first-order valence-corrected chi connectivity index (χ1v) is 7.83. The molecule has 0 bridgehead atoms. The highest BCUT2D eigenvalue weighted by Crippen LogP contribution is 2.42. The monoisotopic (exact) mass is 289 g/mol. The van der Waals surface area contributed by atoms with Crippen LogP contribution in [0.4, 0.5) is 5.13 Å². The SMILES string of the molecule is CCc1nnc(NC2CC(c3ccccc3OC)C2)s1. The second-order valence-electron chi connectivity index (χ2n) is 5.11. The largest absolute Gasteiger partial charge is 0.496 e. The Morgan fingerprint density at radius 1 is 1.30 bits per heavy atom. The summed E-state index contributed by atoms with van der Waals surface area (Å²) in [4.78, 5) is 0. The zero-order valence-corrected chi connectivity index (χ0v) is 12.6. The number of hydrogen-bond acceptors (Lipinski definition) is 5. The Morgan fingerprint density at radius 3 is 2.80 bits per heavy atom.